The molecule has 134 valence electrons. The van der Waals surface area contributed by atoms with E-state index in [0.717, 1.165) is 19.0 Å². The third-order valence-corrected chi connectivity index (χ3v) is 3.11. The summed E-state index contributed by atoms with van der Waals surface area (Å²) < 4.78 is 55.5. The molecule has 0 aliphatic carbocycles. The van der Waals surface area contributed by atoms with Crippen LogP contribution in [0, 0.1) is 0 Å². The molecule has 12 heteroatoms. The molecule has 0 unspecified atom stereocenters. The third kappa shape index (κ3) is 5.10. The van der Waals surface area contributed by atoms with E-state index in [-0.39, 0.29) is 0 Å². The van der Waals surface area contributed by atoms with E-state index in [1.165, 1.54) is 0 Å². The topological polar surface area (TPSA) is 73.7 Å². The Morgan fingerprint density at radius 3 is 1.88 bits per heavy atom. The van der Waals surface area contributed by atoms with E-state index < -0.39 is 18.1 Å². The predicted molar refractivity (Wildman–Crippen MR) is 78.2 cm³/mol. The molecule has 1 saturated heterocycles. The minimum atomic E-state index is -6.02. The van der Waals surface area contributed by atoms with Crippen LogP contribution in [-0.4, -0.2) is 42.2 Å². The van der Waals surface area contributed by atoms with Crippen LogP contribution in [0.5, 0.6) is 0 Å². The predicted octanol–water partition coefficient (Wildman–Crippen LogP) is 3.44. The fourth-order valence-corrected chi connectivity index (χ4v) is 1.81. The van der Waals surface area contributed by atoms with Crippen LogP contribution in [0.4, 0.5) is 27.6 Å². The maximum atomic E-state index is 11.3. The molecule has 0 bridgehead atoms. The van der Waals surface area contributed by atoms with Crippen molar-refractivity contribution in [2.24, 2.45) is 4.99 Å². The number of hydrogen-bond acceptors (Lipinski definition) is 2. The van der Waals surface area contributed by atoms with Crippen LogP contribution >= 0.6 is 23.2 Å². The van der Waals surface area contributed by atoms with Crippen molar-refractivity contribution in [3.8, 4) is 0 Å². The lowest BCUT2D eigenvalue weighted by molar-refractivity contribution is -0.277. The van der Waals surface area contributed by atoms with Crippen molar-refractivity contribution in [1.82, 2.24) is 10.6 Å². The Morgan fingerprint density at radius 1 is 1.08 bits per heavy atom. The Labute approximate surface area is 142 Å². The molecule has 1 fully saturated rings. The fraction of sp³-hybridized carbons (Fsp3) is 0.333. The van der Waals surface area contributed by atoms with Crippen molar-refractivity contribution in [3.05, 3.63) is 28.2 Å². The zero-order valence-electron chi connectivity index (χ0n) is 11.6. The number of carboxylic acids is 1. The first kappa shape index (κ1) is 20.2. The zero-order valence-corrected chi connectivity index (χ0v) is 13.1. The quantitative estimate of drug-likeness (QED) is 0.672. The van der Waals surface area contributed by atoms with Gasteiger partial charge in [0.05, 0.1) is 10.0 Å². The number of rotatable bonds is 2. The maximum Gasteiger partial charge on any atom is 0.465 e. The molecule has 0 aromatic heterocycles. The Morgan fingerprint density at radius 2 is 1.54 bits per heavy atom. The molecule has 1 aliphatic heterocycles. The molecule has 0 atom stereocenters. The SMILES string of the molecule is Clc1cccc(Cl)c1N=C1NCCN1.O=C(O)C(F)(F)C(F)(F)F. The van der Waals surface area contributed by atoms with Gasteiger partial charge in [-0.3, -0.25) is 0 Å². The summed E-state index contributed by atoms with van der Waals surface area (Å²) in [5.41, 5.74) is 0.604. The monoisotopic (exact) mass is 393 g/mol. The Hall–Kier alpha value is -1.81. The maximum absolute atomic E-state index is 11.3. The Kier molecular flexibility index (Phi) is 6.61. The largest absolute Gasteiger partial charge is 0.477 e. The van der Waals surface area contributed by atoms with E-state index in [2.05, 4.69) is 15.6 Å². The molecule has 5 nitrogen and oxygen atoms in total. The Balaban J connectivity index is 0.000000257. The summed E-state index contributed by atoms with van der Waals surface area (Å²) in [7, 11) is 0. The summed E-state index contributed by atoms with van der Waals surface area (Å²) in [5.74, 6) is -8.12. The van der Waals surface area contributed by atoms with Crippen molar-refractivity contribution in [1.29, 1.82) is 0 Å². The van der Waals surface area contributed by atoms with E-state index in [1.54, 1.807) is 18.2 Å². The van der Waals surface area contributed by atoms with Gasteiger partial charge in [0.2, 0.25) is 0 Å². The molecule has 0 saturated carbocycles. The van der Waals surface area contributed by atoms with Gasteiger partial charge >= 0.3 is 18.1 Å². The van der Waals surface area contributed by atoms with Crippen LogP contribution < -0.4 is 10.6 Å². The molecule has 0 amide bonds. The first-order valence-corrected chi connectivity index (χ1v) is 6.90. The van der Waals surface area contributed by atoms with Gasteiger partial charge in [0.15, 0.2) is 5.96 Å². The summed E-state index contributed by atoms with van der Waals surface area (Å²) in [5, 5.41) is 14.6. The first-order valence-electron chi connectivity index (χ1n) is 6.15. The molecular weight excluding hydrogens is 384 g/mol. The Bertz CT molecular complexity index is 609. The van der Waals surface area contributed by atoms with Gasteiger partial charge in [-0.2, -0.15) is 22.0 Å². The zero-order chi connectivity index (χ0) is 18.5. The van der Waals surface area contributed by atoms with Crippen molar-refractivity contribution in [2.75, 3.05) is 13.1 Å². The number of hydrogen-bond donors (Lipinski definition) is 3. The molecule has 2 rings (SSSR count). The highest BCUT2D eigenvalue weighted by Crippen LogP contribution is 2.35. The van der Waals surface area contributed by atoms with Crippen LogP contribution in [0.1, 0.15) is 0 Å². The van der Waals surface area contributed by atoms with Crippen molar-refractivity contribution in [3.63, 3.8) is 0 Å². The number of nitrogens with one attached hydrogen (secondary N) is 2. The average Bonchev–Trinajstić information content (AvgIpc) is 2.95. The van der Waals surface area contributed by atoms with Crippen molar-refractivity contribution < 1.29 is 31.9 Å². The molecule has 24 heavy (non-hydrogen) atoms. The van der Waals surface area contributed by atoms with Crippen LogP contribution in [-0.2, 0) is 4.79 Å². The second-order valence-corrected chi connectivity index (χ2v) is 5.08. The summed E-state index contributed by atoms with van der Waals surface area (Å²) in [4.78, 5) is 13.5. The van der Waals surface area contributed by atoms with Gasteiger partial charge in [-0.15, -0.1) is 0 Å². The van der Waals surface area contributed by atoms with Gasteiger partial charge in [0, 0.05) is 13.1 Å². The first-order chi connectivity index (χ1) is 11.0. The standard InChI is InChI=1S/C9H9Cl2N3.C3HF5O2/c10-6-2-1-3-7(11)8(6)14-9-12-4-5-13-9;4-2(5,1(9)10)3(6,7)8/h1-3H,4-5H2,(H2,12,13,14);(H,9,10). The number of alkyl halides is 5. The second-order valence-electron chi connectivity index (χ2n) is 4.26. The minimum absolute atomic E-state index is 0.556. The van der Waals surface area contributed by atoms with E-state index in [9.17, 15) is 26.7 Å². The molecule has 3 N–H and O–H groups in total. The van der Waals surface area contributed by atoms with Gasteiger partial charge in [0.1, 0.15) is 5.69 Å². The molecule has 1 aromatic carbocycles. The molecule has 0 spiro atoms. The lowest BCUT2D eigenvalue weighted by atomic mass is 10.3. The van der Waals surface area contributed by atoms with Gasteiger partial charge in [-0.1, -0.05) is 29.3 Å². The summed E-state index contributed by atoms with van der Waals surface area (Å²) in [6.07, 6.45) is -6.02. The average molecular weight is 394 g/mol. The van der Waals surface area contributed by atoms with Crippen LogP contribution in [0.15, 0.2) is 23.2 Å². The van der Waals surface area contributed by atoms with Crippen LogP contribution in [0.2, 0.25) is 10.0 Å². The fourth-order valence-electron chi connectivity index (χ4n) is 1.33. The highest BCUT2D eigenvalue weighted by atomic mass is 35.5. The lowest BCUT2D eigenvalue weighted by Gasteiger charge is -2.13. The normalized spacial score (nSPS) is 14.2. The van der Waals surface area contributed by atoms with Crippen molar-refractivity contribution in [2.45, 2.75) is 12.1 Å². The summed E-state index contributed by atoms with van der Waals surface area (Å²) in [6.45, 7) is 1.75. The number of carbonyl (C=O) groups is 1. The minimum Gasteiger partial charge on any atom is -0.477 e. The molecule has 0 radical (unpaired) electrons. The van der Waals surface area contributed by atoms with Gasteiger partial charge in [0.25, 0.3) is 0 Å². The summed E-state index contributed by atoms with van der Waals surface area (Å²) >= 11 is 11.9. The van der Waals surface area contributed by atoms with Crippen LogP contribution in [0.3, 0.4) is 0 Å². The smallest absolute Gasteiger partial charge is 0.465 e. The number of aliphatic carboxylic acids is 1. The number of halogens is 7. The number of nitrogens with zero attached hydrogens (tertiary/aromatic N) is 1. The number of guanidine groups is 1. The molecular formula is C12H10Cl2F5N3O2. The second kappa shape index (κ2) is 7.84. The molecule has 1 aliphatic rings. The van der Waals surface area contributed by atoms with Crippen LogP contribution in [0.25, 0.3) is 0 Å². The van der Waals surface area contributed by atoms with Crippen molar-refractivity contribution >= 4 is 40.8 Å². The van der Waals surface area contributed by atoms with E-state index in [1.807, 2.05) is 0 Å². The van der Waals surface area contributed by atoms with Gasteiger partial charge in [-0.05, 0) is 12.1 Å². The van der Waals surface area contributed by atoms with Gasteiger partial charge in [-0.25, -0.2) is 9.79 Å². The highest BCUT2D eigenvalue weighted by molar-refractivity contribution is 6.38. The van der Waals surface area contributed by atoms with E-state index >= 15 is 0 Å². The van der Waals surface area contributed by atoms with Gasteiger partial charge < -0.3 is 15.7 Å². The molecule has 1 aromatic rings. The number of benzene rings is 1. The number of carboxylic acid groups (broad SMARTS) is 1. The number of para-hydroxylation sites is 1. The van der Waals surface area contributed by atoms with E-state index in [0.29, 0.717) is 15.7 Å². The van der Waals surface area contributed by atoms with E-state index in [4.69, 9.17) is 28.3 Å². The lowest BCUT2D eigenvalue weighted by Crippen LogP contribution is -2.43. The number of aliphatic imine (C=N–C) groups is 1. The highest BCUT2D eigenvalue weighted by Gasteiger charge is 2.64. The molecule has 1 heterocycles. The summed E-state index contributed by atoms with van der Waals surface area (Å²) in [6, 6.07) is 5.33. The third-order valence-electron chi connectivity index (χ3n) is 2.50.